The van der Waals surface area contributed by atoms with Crippen molar-refractivity contribution in [2.24, 2.45) is 0 Å². The Hall–Kier alpha value is -0.357. The Kier molecular flexibility index (Phi) is 17.0. The molecule has 12 heteroatoms. The molecule has 0 amide bonds. The molecule has 0 bridgehead atoms. The average molecular weight is 579 g/mol. The molecular weight excluding hydrogens is 549 g/mol. The van der Waals surface area contributed by atoms with Crippen molar-refractivity contribution in [2.45, 2.75) is 19.9 Å². The standard InChI is InChI=1S/C25H29FN2O4.CH2O3.2K/c1-3-14-32-22-9-8-21(26)23-24(22)28(11-10-27-12-15-31-16-13-27)17-20(25(23)29)18-4-6-19(30-2)7-5-18;2-1(3)4;;/h4-9,17H,3,10-16H2,1-2H3;(H2,2,3,4);;/q;;2*+1/p-2. The fourth-order valence-corrected chi connectivity index (χ4v) is 4.02. The van der Waals surface area contributed by atoms with E-state index in [0.29, 0.717) is 48.9 Å². The number of carbonyl (C=O) groups is 1. The van der Waals surface area contributed by atoms with Gasteiger partial charge in [0, 0.05) is 37.9 Å². The molecule has 0 saturated carbocycles. The van der Waals surface area contributed by atoms with Crippen molar-refractivity contribution >= 4 is 17.1 Å². The summed E-state index contributed by atoms with van der Waals surface area (Å²) in [5.41, 5.74) is 1.34. The average Bonchev–Trinajstić information content (AvgIpc) is 2.88. The molecule has 3 aromatic rings. The van der Waals surface area contributed by atoms with Crippen LogP contribution in [0.25, 0.3) is 22.0 Å². The smallest absolute Gasteiger partial charge is 0.652 e. The zero-order chi connectivity index (χ0) is 26.1. The second-order valence-electron chi connectivity index (χ2n) is 8.12. The largest absolute Gasteiger partial charge is 1.00 e. The molecule has 2 heterocycles. The van der Waals surface area contributed by atoms with Crippen LogP contribution in [0.3, 0.4) is 0 Å². The quantitative estimate of drug-likeness (QED) is 0.246. The van der Waals surface area contributed by atoms with Crippen LogP contribution >= 0.6 is 0 Å². The molecule has 2 aromatic carbocycles. The number of pyridine rings is 1. The Morgan fingerprint density at radius 1 is 1.05 bits per heavy atom. The number of carbonyl (C=O) groups excluding carboxylic acids is 1. The number of benzene rings is 2. The van der Waals surface area contributed by atoms with Gasteiger partial charge in [0.05, 0.1) is 37.8 Å². The van der Waals surface area contributed by atoms with Crippen molar-refractivity contribution in [1.29, 1.82) is 0 Å². The van der Waals surface area contributed by atoms with Gasteiger partial charge in [0.15, 0.2) is 5.43 Å². The van der Waals surface area contributed by atoms with Gasteiger partial charge in [0.25, 0.3) is 0 Å². The summed E-state index contributed by atoms with van der Waals surface area (Å²) >= 11 is 0. The van der Waals surface area contributed by atoms with Gasteiger partial charge in [-0.3, -0.25) is 9.69 Å². The third-order valence-corrected chi connectivity index (χ3v) is 5.76. The van der Waals surface area contributed by atoms with E-state index in [4.69, 9.17) is 29.2 Å². The number of ether oxygens (including phenoxy) is 3. The van der Waals surface area contributed by atoms with Gasteiger partial charge in [0.2, 0.25) is 0 Å². The predicted molar refractivity (Wildman–Crippen MR) is 129 cm³/mol. The molecule has 0 atom stereocenters. The summed E-state index contributed by atoms with van der Waals surface area (Å²) in [6, 6.07) is 10.2. The fraction of sp³-hybridized carbons (Fsp3) is 0.385. The van der Waals surface area contributed by atoms with Crippen molar-refractivity contribution in [2.75, 3.05) is 46.6 Å². The maximum absolute atomic E-state index is 15.0. The molecule has 38 heavy (non-hydrogen) atoms. The summed E-state index contributed by atoms with van der Waals surface area (Å²) in [6.45, 7) is 7.02. The van der Waals surface area contributed by atoms with Crippen molar-refractivity contribution in [3.63, 3.8) is 0 Å². The number of aromatic nitrogens is 1. The van der Waals surface area contributed by atoms with Crippen LogP contribution in [-0.2, 0) is 11.3 Å². The first-order chi connectivity index (χ1) is 17.3. The molecule has 0 unspecified atom stereocenters. The number of halogens is 1. The SMILES string of the molecule is CCCOc1ccc(F)c2c(=O)c(-c3ccc(OC)cc3)cn(CCN3CCOCC3)c12.O=C([O-])[O-].[K+].[K+]. The molecule has 1 aliphatic heterocycles. The van der Waals surface area contributed by atoms with Crippen LogP contribution in [-0.4, -0.2) is 62.2 Å². The fourth-order valence-electron chi connectivity index (χ4n) is 4.02. The minimum Gasteiger partial charge on any atom is -0.652 e. The first-order valence-corrected chi connectivity index (χ1v) is 11.7. The predicted octanol–water partition coefficient (Wildman–Crippen LogP) is -4.50. The molecule has 1 aliphatic rings. The number of rotatable bonds is 8. The summed E-state index contributed by atoms with van der Waals surface area (Å²) in [5, 5.41) is 16.7. The van der Waals surface area contributed by atoms with Crippen LogP contribution in [0.1, 0.15) is 13.3 Å². The number of morpholine rings is 1. The molecule has 1 fully saturated rings. The molecule has 0 N–H and O–H groups in total. The Morgan fingerprint density at radius 2 is 1.68 bits per heavy atom. The van der Waals surface area contributed by atoms with Gasteiger partial charge < -0.3 is 33.8 Å². The molecule has 0 aliphatic carbocycles. The minimum absolute atomic E-state index is 0. The van der Waals surface area contributed by atoms with E-state index in [1.807, 2.05) is 29.8 Å². The van der Waals surface area contributed by atoms with E-state index in [9.17, 15) is 4.79 Å². The summed E-state index contributed by atoms with van der Waals surface area (Å²) in [4.78, 5) is 24.1. The maximum atomic E-state index is 15.0. The summed E-state index contributed by atoms with van der Waals surface area (Å²) in [6.07, 6.45) is 0.311. The van der Waals surface area contributed by atoms with Crippen molar-refractivity contribution in [1.82, 2.24) is 9.47 Å². The van der Waals surface area contributed by atoms with E-state index in [-0.39, 0.29) is 114 Å². The molecule has 1 saturated heterocycles. The molecule has 0 radical (unpaired) electrons. The maximum Gasteiger partial charge on any atom is 1.00 e. The summed E-state index contributed by atoms with van der Waals surface area (Å²) < 4.78 is 33.6. The van der Waals surface area contributed by atoms with Gasteiger partial charge in [-0.1, -0.05) is 19.1 Å². The molecule has 194 valence electrons. The van der Waals surface area contributed by atoms with Crippen molar-refractivity contribution < 1.29 is 136 Å². The van der Waals surface area contributed by atoms with E-state index in [2.05, 4.69) is 4.90 Å². The van der Waals surface area contributed by atoms with Crippen LogP contribution in [0.5, 0.6) is 11.5 Å². The molecule has 4 rings (SSSR count). The first-order valence-electron chi connectivity index (χ1n) is 11.7. The Bertz CT molecular complexity index is 1230. The van der Waals surface area contributed by atoms with Gasteiger partial charge in [0.1, 0.15) is 17.3 Å². The normalized spacial score (nSPS) is 12.9. The third-order valence-electron chi connectivity index (χ3n) is 5.76. The van der Waals surface area contributed by atoms with Crippen LogP contribution in [0.2, 0.25) is 0 Å². The number of nitrogens with zero attached hydrogens (tertiary/aromatic N) is 2. The summed E-state index contributed by atoms with van der Waals surface area (Å²) in [5.74, 6) is 0.691. The second kappa shape index (κ2) is 18.2. The first kappa shape index (κ1) is 35.7. The molecular formula is C26H29FK2N2O7. The van der Waals surface area contributed by atoms with Crippen molar-refractivity contribution in [3.8, 4) is 22.6 Å². The molecule has 9 nitrogen and oxygen atoms in total. The second-order valence-corrected chi connectivity index (χ2v) is 8.12. The Labute approximate surface area is 306 Å². The molecule has 0 spiro atoms. The number of hydrogen-bond acceptors (Lipinski definition) is 8. The van der Waals surface area contributed by atoms with E-state index in [1.54, 1.807) is 25.3 Å². The zero-order valence-electron chi connectivity index (χ0n) is 22.3. The molecule has 1 aromatic heterocycles. The zero-order valence-corrected chi connectivity index (χ0v) is 28.6. The topological polar surface area (TPSA) is 116 Å². The van der Waals surface area contributed by atoms with Gasteiger partial charge in [-0.05, 0) is 42.4 Å². The minimum atomic E-state index is -2.33. The van der Waals surface area contributed by atoms with Crippen LogP contribution in [0.15, 0.2) is 47.4 Å². The van der Waals surface area contributed by atoms with E-state index in [0.717, 1.165) is 31.6 Å². The summed E-state index contributed by atoms with van der Waals surface area (Å²) in [7, 11) is 1.59. The number of methoxy groups -OCH3 is 1. The van der Waals surface area contributed by atoms with Crippen LogP contribution < -0.4 is 128 Å². The van der Waals surface area contributed by atoms with Crippen molar-refractivity contribution in [3.05, 3.63) is 58.6 Å². The Balaban J connectivity index is 0.00000113. The van der Waals surface area contributed by atoms with Gasteiger partial charge in [-0.2, -0.15) is 0 Å². The van der Waals surface area contributed by atoms with Crippen LogP contribution in [0.4, 0.5) is 9.18 Å². The van der Waals surface area contributed by atoms with E-state index < -0.39 is 12.0 Å². The third kappa shape index (κ3) is 9.93. The number of hydrogen-bond donors (Lipinski definition) is 0. The van der Waals surface area contributed by atoms with Crippen LogP contribution in [0, 0.1) is 5.82 Å². The van der Waals surface area contributed by atoms with E-state index in [1.165, 1.54) is 6.07 Å². The van der Waals surface area contributed by atoms with Gasteiger partial charge >= 0.3 is 103 Å². The monoisotopic (exact) mass is 578 g/mol. The van der Waals surface area contributed by atoms with Gasteiger partial charge in [-0.15, -0.1) is 0 Å². The Morgan fingerprint density at radius 3 is 2.26 bits per heavy atom. The number of fused-ring (bicyclic) bond motifs is 1. The number of carboxylic acid groups (broad SMARTS) is 2. The van der Waals surface area contributed by atoms with Gasteiger partial charge in [-0.25, -0.2) is 4.39 Å². The van der Waals surface area contributed by atoms with E-state index >= 15 is 4.39 Å².